The van der Waals surface area contributed by atoms with Gasteiger partial charge in [-0.25, -0.2) is 9.78 Å². The molecule has 1 saturated heterocycles. The number of aromatic amines is 1. The number of anilines is 1. The Morgan fingerprint density at radius 1 is 1.17 bits per heavy atom. The van der Waals surface area contributed by atoms with E-state index in [1.807, 2.05) is 18.7 Å². The van der Waals surface area contributed by atoms with Gasteiger partial charge in [-0.1, -0.05) is 34.5 Å². The number of amides is 1. The lowest BCUT2D eigenvalue weighted by Gasteiger charge is -2.37. The number of nitrogens with one attached hydrogen (secondary N) is 2. The van der Waals surface area contributed by atoms with Crippen LogP contribution in [0.2, 0.25) is 10.0 Å². The molecule has 2 N–H and O–H groups in total. The van der Waals surface area contributed by atoms with Gasteiger partial charge in [-0.05, 0) is 27.2 Å². The Hall–Kier alpha value is -2.73. The van der Waals surface area contributed by atoms with Crippen LogP contribution in [0.25, 0.3) is 11.4 Å². The van der Waals surface area contributed by atoms with Crippen LogP contribution >= 0.6 is 34.5 Å². The van der Waals surface area contributed by atoms with E-state index in [4.69, 9.17) is 37.7 Å². The monoisotopic (exact) mass is 552 g/mol. The minimum absolute atomic E-state index is 0.193. The number of aryl methyl sites for hydroxylation is 3. The minimum atomic E-state index is -0.488. The van der Waals surface area contributed by atoms with Gasteiger partial charge in [0.15, 0.2) is 5.13 Å². The van der Waals surface area contributed by atoms with E-state index < -0.39 is 5.97 Å². The van der Waals surface area contributed by atoms with Gasteiger partial charge in [0.25, 0.3) is 5.91 Å². The van der Waals surface area contributed by atoms with E-state index in [0.717, 1.165) is 5.69 Å². The number of carbonyl (C=O) groups excluding carboxylic acids is 2. The predicted octanol–water partition coefficient (Wildman–Crippen LogP) is 3.97. The van der Waals surface area contributed by atoms with Crippen molar-refractivity contribution in [3.8, 4) is 11.4 Å². The van der Waals surface area contributed by atoms with Crippen molar-refractivity contribution >= 4 is 51.5 Å². The second-order valence-electron chi connectivity index (χ2n) is 8.45. The number of carbonyl (C=O) groups is 2. The highest BCUT2D eigenvalue weighted by Crippen LogP contribution is 2.35. The molecule has 4 heterocycles. The second-order valence-corrected chi connectivity index (χ2v) is 10.2. The van der Waals surface area contributed by atoms with Crippen LogP contribution in [0.15, 0.2) is 6.20 Å². The van der Waals surface area contributed by atoms with Gasteiger partial charge in [-0.3, -0.25) is 14.8 Å². The van der Waals surface area contributed by atoms with Gasteiger partial charge in [-0.15, -0.1) is 0 Å². The summed E-state index contributed by atoms with van der Waals surface area (Å²) in [4.78, 5) is 44.4. The van der Waals surface area contributed by atoms with Crippen LogP contribution < -0.4 is 10.2 Å². The van der Waals surface area contributed by atoms with Crippen LogP contribution in [0, 0.1) is 20.8 Å². The van der Waals surface area contributed by atoms with Gasteiger partial charge < -0.3 is 24.7 Å². The van der Waals surface area contributed by atoms with E-state index in [2.05, 4.69) is 20.3 Å². The van der Waals surface area contributed by atoms with Gasteiger partial charge in [0.2, 0.25) is 0 Å². The highest BCUT2D eigenvalue weighted by atomic mass is 35.5. The third-order valence-corrected chi connectivity index (χ3v) is 8.05. The number of hydrogen-bond acceptors (Lipinski definition) is 9. The maximum atomic E-state index is 12.9. The standard InChI is InChI=1S/C23H26Cl2N6O4S/c1-10-8-26-17(12(3)27-10)19-20(22(33)35-5)36-23(30-19)31-7-6-13(14(9-31)34-4)29-21(32)18-16(25)15(24)11(2)28-18/h8,13-14,28H,6-7,9H2,1-5H3,(H,29,32)/t13-,14+/m1/s1. The van der Waals surface area contributed by atoms with E-state index >= 15 is 0 Å². The molecule has 0 unspecified atom stereocenters. The van der Waals surface area contributed by atoms with Gasteiger partial charge in [0.05, 0.1) is 40.7 Å². The van der Waals surface area contributed by atoms with Crippen LogP contribution in [0.3, 0.4) is 0 Å². The number of hydrogen-bond donors (Lipinski definition) is 2. The zero-order valence-electron chi connectivity index (χ0n) is 20.4. The van der Waals surface area contributed by atoms with Gasteiger partial charge in [0.1, 0.15) is 22.0 Å². The number of H-pyrrole nitrogens is 1. The fourth-order valence-electron chi connectivity index (χ4n) is 4.13. The molecule has 1 amide bonds. The summed E-state index contributed by atoms with van der Waals surface area (Å²) in [6, 6.07) is -0.262. The van der Waals surface area contributed by atoms with Crippen molar-refractivity contribution in [2.75, 3.05) is 32.2 Å². The molecule has 2 atom stereocenters. The Labute approximate surface area is 222 Å². The molecule has 36 heavy (non-hydrogen) atoms. The maximum Gasteiger partial charge on any atom is 0.350 e. The van der Waals surface area contributed by atoms with Crippen molar-refractivity contribution in [3.05, 3.63) is 43.9 Å². The average molecular weight is 553 g/mol. The summed E-state index contributed by atoms with van der Waals surface area (Å²) < 4.78 is 10.7. The van der Waals surface area contributed by atoms with Gasteiger partial charge in [-0.2, -0.15) is 0 Å². The van der Waals surface area contributed by atoms with Crippen molar-refractivity contribution in [1.82, 2.24) is 25.3 Å². The van der Waals surface area contributed by atoms with E-state index in [0.29, 0.717) is 57.3 Å². The zero-order chi connectivity index (χ0) is 26.1. The van der Waals surface area contributed by atoms with E-state index in [-0.39, 0.29) is 28.8 Å². The zero-order valence-corrected chi connectivity index (χ0v) is 22.8. The van der Waals surface area contributed by atoms with Crippen molar-refractivity contribution < 1.29 is 19.1 Å². The molecule has 0 saturated carbocycles. The van der Waals surface area contributed by atoms with Gasteiger partial charge >= 0.3 is 5.97 Å². The fraction of sp³-hybridized carbons (Fsp3) is 0.435. The molecule has 0 bridgehead atoms. The molecule has 1 aliphatic heterocycles. The molecule has 0 radical (unpaired) electrons. The van der Waals surface area contributed by atoms with Crippen molar-refractivity contribution in [2.45, 2.75) is 39.3 Å². The lowest BCUT2D eigenvalue weighted by molar-refractivity contribution is 0.0540. The molecule has 3 aromatic heterocycles. The molecule has 4 rings (SSSR count). The number of esters is 1. The highest BCUT2D eigenvalue weighted by Gasteiger charge is 2.34. The Morgan fingerprint density at radius 2 is 1.92 bits per heavy atom. The second kappa shape index (κ2) is 10.7. The molecular weight excluding hydrogens is 527 g/mol. The molecule has 192 valence electrons. The summed E-state index contributed by atoms with van der Waals surface area (Å²) >= 11 is 13.6. The number of halogens is 2. The summed E-state index contributed by atoms with van der Waals surface area (Å²) in [5.74, 6) is -0.842. The average Bonchev–Trinajstić information content (AvgIpc) is 3.41. The third kappa shape index (κ3) is 5.06. The molecule has 1 fully saturated rings. The van der Waals surface area contributed by atoms with E-state index in [1.54, 1.807) is 20.2 Å². The van der Waals surface area contributed by atoms with E-state index in [1.165, 1.54) is 18.4 Å². The fourth-order valence-corrected chi connectivity index (χ4v) is 5.57. The Balaban J connectivity index is 1.56. The first-order valence-electron chi connectivity index (χ1n) is 11.2. The highest BCUT2D eigenvalue weighted by molar-refractivity contribution is 7.17. The lowest BCUT2D eigenvalue weighted by atomic mass is 10.0. The van der Waals surface area contributed by atoms with Crippen molar-refractivity contribution in [3.63, 3.8) is 0 Å². The third-order valence-electron chi connectivity index (χ3n) is 6.01. The summed E-state index contributed by atoms with van der Waals surface area (Å²) in [7, 11) is 2.92. The van der Waals surface area contributed by atoms with E-state index in [9.17, 15) is 9.59 Å². The number of aromatic nitrogens is 4. The number of nitrogens with zero attached hydrogens (tertiary/aromatic N) is 4. The first-order chi connectivity index (χ1) is 17.1. The van der Waals surface area contributed by atoms with Crippen LogP contribution in [0.4, 0.5) is 5.13 Å². The molecular formula is C23H26Cl2N6O4S. The number of ether oxygens (including phenoxy) is 2. The van der Waals surface area contributed by atoms with Crippen molar-refractivity contribution in [2.24, 2.45) is 0 Å². The van der Waals surface area contributed by atoms with Crippen molar-refractivity contribution in [1.29, 1.82) is 0 Å². The maximum absolute atomic E-state index is 12.9. The van der Waals surface area contributed by atoms with Crippen LogP contribution in [-0.2, 0) is 9.47 Å². The molecule has 0 aromatic carbocycles. The number of rotatable bonds is 6. The molecule has 3 aromatic rings. The van der Waals surface area contributed by atoms with Gasteiger partial charge in [0, 0.05) is 32.1 Å². The SMILES string of the molecule is COC(=O)c1sc(N2CC[C@@H](NC(=O)c3[nH]c(C)c(Cl)c3Cl)[C@@H](OC)C2)nc1-c1ncc(C)nc1C. The first-order valence-corrected chi connectivity index (χ1v) is 12.7. The first kappa shape index (κ1) is 26.3. The number of methoxy groups -OCH3 is 2. The summed E-state index contributed by atoms with van der Waals surface area (Å²) in [5, 5.41) is 4.15. The smallest absolute Gasteiger partial charge is 0.350 e. The molecule has 13 heteroatoms. The lowest BCUT2D eigenvalue weighted by Crippen LogP contribution is -2.55. The number of thiazole rings is 1. The number of piperidine rings is 1. The summed E-state index contributed by atoms with van der Waals surface area (Å²) in [6.07, 6.45) is 1.90. The minimum Gasteiger partial charge on any atom is -0.465 e. The molecule has 10 nitrogen and oxygen atoms in total. The predicted molar refractivity (Wildman–Crippen MR) is 138 cm³/mol. The molecule has 0 spiro atoms. The summed E-state index contributed by atoms with van der Waals surface area (Å²) in [5.41, 5.74) is 3.26. The molecule has 1 aliphatic rings. The quantitative estimate of drug-likeness (QED) is 0.440. The largest absolute Gasteiger partial charge is 0.465 e. The summed E-state index contributed by atoms with van der Waals surface area (Å²) in [6.45, 7) is 6.46. The molecule has 0 aliphatic carbocycles. The van der Waals surface area contributed by atoms with Crippen LogP contribution in [0.1, 0.15) is 43.7 Å². The topological polar surface area (TPSA) is 122 Å². The van der Waals surface area contributed by atoms with Crippen LogP contribution in [-0.4, -0.2) is 71.3 Å². The Bertz CT molecular complexity index is 1310. The van der Waals surface area contributed by atoms with Crippen LogP contribution in [0.5, 0.6) is 0 Å². The normalized spacial score (nSPS) is 17.8. The Kier molecular flexibility index (Phi) is 7.84. The Morgan fingerprint density at radius 3 is 2.53 bits per heavy atom.